The van der Waals surface area contributed by atoms with Crippen molar-refractivity contribution in [3.05, 3.63) is 71.2 Å². The molecule has 0 bridgehead atoms. The molecule has 1 aromatic heterocycles. The van der Waals surface area contributed by atoms with Crippen LogP contribution in [0.25, 0.3) is 10.9 Å². The molecule has 0 saturated carbocycles. The molecule has 0 saturated heterocycles. The lowest BCUT2D eigenvalue weighted by molar-refractivity contribution is 0.623. The number of para-hydroxylation sites is 1. The van der Waals surface area contributed by atoms with Crippen LogP contribution in [0.5, 0.6) is 0 Å². The van der Waals surface area contributed by atoms with Gasteiger partial charge in [-0.05, 0) is 60.2 Å². The van der Waals surface area contributed by atoms with Crippen LogP contribution in [-0.2, 0) is 13.0 Å². The maximum Gasteiger partial charge on any atom is 0.123 e. The first-order valence-electron chi connectivity index (χ1n) is 7.21. The second kappa shape index (κ2) is 5.70. The average molecular weight is 282 g/mol. The number of hydrogen-bond donors (Lipinski definition) is 1. The highest BCUT2D eigenvalue weighted by Crippen LogP contribution is 2.23. The number of nitrogens with zero attached hydrogens (tertiary/aromatic N) is 1. The van der Waals surface area contributed by atoms with Crippen molar-refractivity contribution >= 4 is 10.9 Å². The zero-order valence-electron chi connectivity index (χ0n) is 12.1. The van der Waals surface area contributed by atoms with Crippen molar-refractivity contribution in [3.63, 3.8) is 0 Å². The Hall–Kier alpha value is -2.13. The molecular formula is C18H19FN2. The topological polar surface area (TPSA) is 30.9 Å². The molecular weight excluding hydrogens is 263 g/mol. The number of nitrogens with two attached hydrogens (primary N) is 1. The first-order chi connectivity index (χ1) is 10.2. The average Bonchev–Trinajstić information content (AvgIpc) is 2.88. The van der Waals surface area contributed by atoms with E-state index in [1.54, 1.807) is 6.07 Å². The molecule has 0 atom stereocenters. The van der Waals surface area contributed by atoms with E-state index in [0.717, 1.165) is 17.5 Å². The van der Waals surface area contributed by atoms with E-state index in [2.05, 4.69) is 35.0 Å². The molecule has 0 aliphatic heterocycles. The Morgan fingerprint density at radius 3 is 2.76 bits per heavy atom. The van der Waals surface area contributed by atoms with Crippen molar-refractivity contribution in [2.24, 2.45) is 5.73 Å². The van der Waals surface area contributed by atoms with Gasteiger partial charge >= 0.3 is 0 Å². The first kappa shape index (κ1) is 13.8. The molecule has 1 heterocycles. The number of halogens is 1. The largest absolute Gasteiger partial charge is 0.343 e. The highest BCUT2D eigenvalue weighted by Gasteiger charge is 2.08. The molecule has 3 rings (SSSR count). The van der Waals surface area contributed by atoms with Gasteiger partial charge in [0.15, 0.2) is 0 Å². The summed E-state index contributed by atoms with van der Waals surface area (Å²) in [5.74, 6) is -0.186. The summed E-state index contributed by atoms with van der Waals surface area (Å²) in [7, 11) is 0. The Morgan fingerprint density at radius 2 is 1.95 bits per heavy atom. The predicted octanol–water partition coefficient (Wildman–Crippen LogP) is 3.64. The summed E-state index contributed by atoms with van der Waals surface area (Å²) in [6.45, 7) is 3.32. The van der Waals surface area contributed by atoms with E-state index >= 15 is 0 Å². The van der Waals surface area contributed by atoms with Crippen molar-refractivity contribution in [3.8, 4) is 0 Å². The number of benzene rings is 2. The van der Waals surface area contributed by atoms with E-state index in [-0.39, 0.29) is 5.82 Å². The van der Waals surface area contributed by atoms with Gasteiger partial charge in [0, 0.05) is 12.7 Å². The molecule has 0 unspecified atom stereocenters. The summed E-state index contributed by atoms with van der Waals surface area (Å²) in [6.07, 6.45) is 2.92. The van der Waals surface area contributed by atoms with Gasteiger partial charge in [-0.3, -0.25) is 0 Å². The smallest absolute Gasteiger partial charge is 0.123 e. The summed E-state index contributed by atoms with van der Waals surface area (Å²) in [4.78, 5) is 0. The first-order valence-corrected chi connectivity index (χ1v) is 7.21. The van der Waals surface area contributed by atoms with E-state index in [9.17, 15) is 4.39 Å². The Bertz CT molecular complexity index is 774. The van der Waals surface area contributed by atoms with Gasteiger partial charge in [0.25, 0.3) is 0 Å². The quantitative estimate of drug-likeness (QED) is 0.778. The maximum absolute atomic E-state index is 13.5. The van der Waals surface area contributed by atoms with Crippen molar-refractivity contribution < 1.29 is 4.39 Å². The monoisotopic (exact) mass is 282 g/mol. The molecule has 2 N–H and O–H groups in total. The molecule has 2 nitrogen and oxygen atoms in total. The fraction of sp³-hybridized carbons (Fsp3) is 0.222. The summed E-state index contributed by atoms with van der Waals surface area (Å²) < 4.78 is 15.6. The zero-order chi connectivity index (χ0) is 14.8. The summed E-state index contributed by atoms with van der Waals surface area (Å²) in [5.41, 5.74) is 10.3. The molecule has 0 radical (unpaired) electrons. The Balaban J connectivity index is 2.06. The third-order valence-corrected chi connectivity index (χ3v) is 3.94. The fourth-order valence-corrected chi connectivity index (χ4v) is 2.82. The van der Waals surface area contributed by atoms with Gasteiger partial charge in [0.1, 0.15) is 5.82 Å². The van der Waals surface area contributed by atoms with Crippen LogP contribution in [0.3, 0.4) is 0 Å². The van der Waals surface area contributed by atoms with Gasteiger partial charge in [0.2, 0.25) is 0 Å². The number of aryl methyl sites for hydroxylation is 1. The Labute approximate surface area is 124 Å². The second-order valence-electron chi connectivity index (χ2n) is 5.41. The minimum atomic E-state index is -0.186. The third kappa shape index (κ3) is 2.69. The summed E-state index contributed by atoms with van der Waals surface area (Å²) in [5, 5.41) is 1.20. The van der Waals surface area contributed by atoms with Crippen molar-refractivity contribution in [1.82, 2.24) is 4.57 Å². The molecule has 0 spiro atoms. The van der Waals surface area contributed by atoms with Crippen LogP contribution in [0.1, 0.15) is 16.7 Å². The van der Waals surface area contributed by atoms with Crippen LogP contribution >= 0.6 is 0 Å². The van der Waals surface area contributed by atoms with Crippen molar-refractivity contribution in [1.29, 1.82) is 0 Å². The van der Waals surface area contributed by atoms with Gasteiger partial charge in [-0.2, -0.15) is 0 Å². The minimum Gasteiger partial charge on any atom is -0.343 e. The lowest BCUT2D eigenvalue weighted by Crippen LogP contribution is -2.06. The van der Waals surface area contributed by atoms with Crippen LogP contribution in [0.2, 0.25) is 0 Å². The van der Waals surface area contributed by atoms with Crippen molar-refractivity contribution in [2.45, 2.75) is 19.9 Å². The minimum absolute atomic E-state index is 0.186. The molecule has 21 heavy (non-hydrogen) atoms. The maximum atomic E-state index is 13.5. The number of fused-ring (bicyclic) bond motifs is 1. The van der Waals surface area contributed by atoms with E-state index < -0.39 is 0 Å². The lowest BCUT2D eigenvalue weighted by Gasteiger charge is -2.11. The molecule has 108 valence electrons. The van der Waals surface area contributed by atoms with Gasteiger partial charge in [-0.25, -0.2) is 4.39 Å². The van der Waals surface area contributed by atoms with Crippen LogP contribution in [0, 0.1) is 12.7 Å². The highest BCUT2D eigenvalue weighted by atomic mass is 19.1. The molecule has 0 aliphatic rings. The number of hydrogen-bond acceptors (Lipinski definition) is 1. The van der Waals surface area contributed by atoms with Gasteiger partial charge in [0.05, 0.1) is 5.52 Å². The molecule has 3 heteroatoms. The number of rotatable bonds is 4. The van der Waals surface area contributed by atoms with Crippen LogP contribution in [-0.4, -0.2) is 11.1 Å². The Kier molecular flexibility index (Phi) is 3.76. The zero-order valence-corrected chi connectivity index (χ0v) is 12.1. The number of aromatic nitrogens is 1. The highest BCUT2D eigenvalue weighted by molar-refractivity contribution is 5.83. The standard InChI is InChI=1S/C18H19FN2/c1-13-5-6-17(19)11-16(13)12-21-10-8-15-4-2-3-14(7-9-20)18(15)21/h2-6,8,10-11H,7,9,12,20H2,1H3. The van der Waals surface area contributed by atoms with Crippen LogP contribution in [0.15, 0.2) is 48.7 Å². The lowest BCUT2D eigenvalue weighted by atomic mass is 10.1. The van der Waals surface area contributed by atoms with E-state index in [0.29, 0.717) is 13.1 Å². The van der Waals surface area contributed by atoms with Gasteiger partial charge < -0.3 is 10.3 Å². The SMILES string of the molecule is Cc1ccc(F)cc1Cn1ccc2cccc(CCN)c21. The molecule has 0 amide bonds. The van der Waals surface area contributed by atoms with Crippen LogP contribution < -0.4 is 5.73 Å². The molecule has 3 aromatic rings. The van der Waals surface area contributed by atoms with E-state index in [1.807, 2.05) is 13.0 Å². The summed E-state index contributed by atoms with van der Waals surface area (Å²) in [6, 6.07) is 13.3. The fourth-order valence-electron chi connectivity index (χ4n) is 2.82. The van der Waals surface area contributed by atoms with E-state index in [4.69, 9.17) is 5.73 Å². The molecule has 0 fully saturated rings. The Morgan fingerprint density at radius 1 is 1.10 bits per heavy atom. The van der Waals surface area contributed by atoms with Gasteiger partial charge in [-0.15, -0.1) is 0 Å². The molecule has 0 aliphatic carbocycles. The normalized spacial score (nSPS) is 11.2. The van der Waals surface area contributed by atoms with Crippen molar-refractivity contribution in [2.75, 3.05) is 6.54 Å². The van der Waals surface area contributed by atoms with Crippen LogP contribution in [0.4, 0.5) is 4.39 Å². The molecule has 2 aromatic carbocycles. The summed E-state index contributed by atoms with van der Waals surface area (Å²) >= 11 is 0. The van der Waals surface area contributed by atoms with E-state index in [1.165, 1.54) is 22.5 Å². The second-order valence-corrected chi connectivity index (χ2v) is 5.41. The predicted molar refractivity (Wildman–Crippen MR) is 84.9 cm³/mol. The van der Waals surface area contributed by atoms with Gasteiger partial charge in [-0.1, -0.05) is 24.3 Å². The third-order valence-electron chi connectivity index (χ3n) is 3.94.